The summed E-state index contributed by atoms with van der Waals surface area (Å²) in [6.07, 6.45) is 3.60. The number of carboxylic acids is 1. The minimum atomic E-state index is -0.986. The molecule has 1 rings (SSSR count). The number of carbonyl (C=O) groups is 3. The molecular weight excluding hydrogens is 274 g/mol. The van der Waals surface area contributed by atoms with Gasteiger partial charge < -0.3 is 15.2 Å². The molecular formula is C15H25NO5. The van der Waals surface area contributed by atoms with Crippen molar-refractivity contribution in [3.63, 3.8) is 0 Å². The van der Waals surface area contributed by atoms with Gasteiger partial charge in [0, 0.05) is 6.42 Å². The molecule has 1 fully saturated rings. The van der Waals surface area contributed by atoms with Gasteiger partial charge in [0.15, 0.2) is 0 Å². The summed E-state index contributed by atoms with van der Waals surface area (Å²) in [6, 6.07) is -0.739. The molecule has 0 radical (unpaired) electrons. The van der Waals surface area contributed by atoms with Crippen molar-refractivity contribution in [1.82, 2.24) is 5.32 Å². The maximum Gasteiger partial charge on any atom is 0.328 e. The van der Waals surface area contributed by atoms with Gasteiger partial charge in [-0.2, -0.15) is 0 Å². The monoisotopic (exact) mass is 299 g/mol. The highest BCUT2D eigenvalue weighted by atomic mass is 16.5. The number of hydrogen-bond acceptors (Lipinski definition) is 4. The molecule has 0 aromatic carbocycles. The van der Waals surface area contributed by atoms with Gasteiger partial charge in [0.1, 0.15) is 6.04 Å². The fourth-order valence-corrected chi connectivity index (χ4v) is 2.85. The standard InChI is InChI=1S/C15H25NO5/c1-10(2)12(13(18)21-3)16-11(17)9-15(14(19)20)7-5-4-6-8-15/h10,12H,4-9H2,1-3H3,(H,16,17)(H,19,20)/t12-/m0/s1. The van der Waals surface area contributed by atoms with Crippen LogP contribution in [0.3, 0.4) is 0 Å². The molecule has 21 heavy (non-hydrogen) atoms. The van der Waals surface area contributed by atoms with E-state index >= 15 is 0 Å². The molecule has 0 saturated heterocycles. The second-order valence-corrected chi connectivity index (χ2v) is 6.14. The van der Waals surface area contributed by atoms with Crippen LogP contribution in [0.15, 0.2) is 0 Å². The van der Waals surface area contributed by atoms with Crippen LogP contribution in [-0.4, -0.2) is 36.1 Å². The topological polar surface area (TPSA) is 92.7 Å². The molecule has 1 aliphatic carbocycles. The third-order valence-electron chi connectivity index (χ3n) is 4.20. The summed E-state index contributed by atoms with van der Waals surface area (Å²) in [4.78, 5) is 35.4. The second kappa shape index (κ2) is 7.43. The predicted molar refractivity (Wildman–Crippen MR) is 76.6 cm³/mol. The van der Waals surface area contributed by atoms with E-state index in [1.54, 1.807) is 13.8 Å². The summed E-state index contributed by atoms with van der Waals surface area (Å²) in [5.41, 5.74) is -0.986. The molecule has 6 heteroatoms. The van der Waals surface area contributed by atoms with Crippen LogP contribution in [0, 0.1) is 11.3 Å². The number of carbonyl (C=O) groups excluding carboxylic acids is 2. The third kappa shape index (κ3) is 4.44. The summed E-state index contributed by atoms with van der Waals surface area (Å²) < 4.78 is 4.67. The average molecular weight is 299 g/mol. The maximum absolute atomic E-state index is 12.2. The Morgan fingerprint density at radius 2 is 1.76 bits per heavy atom. The Balaban J connectivity index is 2.73. The van der Waals surface area contributed by atoms with E-state index in [0.717, 1.165) is 19.3 Å². The summed E-state index contributed by atoms with van der Waals surface area (Å²) in [7, 11) is 1.27. The second-order valence-electron chi connectivity index (χ2n) is 6.14. The lowest BCUT2D eigenvalue weighted by atomic mass is 9.71. The number of ether oxygens (including phenoxy) is 1. The van der Waals surface area contributed by atoms with Crippen LogP contribution in [0.4, 0.5) is 0 Å². The van der Waals surface area contributed by atoms with Gasteiger partial charge in [0.05, 0.1) is 12.5 Å². The molecule has 0 aliphatic heterocycles. The first kappa shape index (κ1) is 17.5. The van der Waals surface area contributed by atoms with E-state index in [9.17, 15) is 19.5 Å². The van der Waals surface area contributed by atoms with Crippen LogP contribution in [0.1, 0.15) is 52.4 Å². The van der Waals surface area contributed by atoms with E-state index in [-0.39, 0.29) is 12.3 Å². The molecule has 2 N–H and O–H groups in total. The van der Waals surface area contributed by atoms with Gasteiger partial charge in [-0.25, -0.2) is 4.79 Å². The number of aliphatic carboxylic acids is 1. The molecule has 0 unspecified atom stereocenters. The highest BCUT2D eigenvalue weighted by molar-refractivity contribution is 5.88. The summed E-state index contributed by atoms with van der Waals surface area (Å²) in [5.74, 6) is -1.94. The van der Waals surface area contributed by atoms with Gasteiger partial charge in [-0.1, -0.05) is 33.1 Å². The zero-order valence-corrected chi connectivity index (χ0v) is 13.0. The highest BCUT2D eigenvalue weighted by Gasteiger charge is 2.42. The van der Waals surface area contributed by atoms with Crippen LogP contribution in [0.2, 0.25) is 0 Å². The Hall–Kier alpha value is -1.59. The molecule has 0 spiro atoms. The largest absolute Gasteiger partial charge is 0.481 e. The molecule has 1 saturated carbocycles. The number of carboxylic acid groups (broad SMARTS) is 1. The van der Waals surface area contributed by atoms with E-state index in [1.165, 1.54) is 7.11 Å². The maximum atomic E-state index is 12.2. The zero-order valence-electron chi connectivity index (χ0n) is 13.0. The van der Waals surface area contributed by atoms with Crippen molar-refractivity contribution >= 4 is 17.8 Å². The molecule has 0 bridgehead atoms. The van der Waals surface area contributed by atoms with Crippen LogP contribution in [0.25, 0.3) is 0 Å². The molecule has 1 atom stereocenters. The number of nitrogens with one attached hydrogen (secondary N) is 1. The lowest BCUT2D eigenvalue weighted by Crippen LogP contribution is -2.47. The molecule has 1 aliphatic rings. The number of rotatable bonds is 6. The van der Waals surface area contributed by atoms with Crippen molar-refractivity contribution in [1.29, 1.82) is 0 Å². The van der Waals surface area contributed by atoms with Crippen molar-refractivity contribution < 1.29 is 24.2 Å². The van der Waals surface area contributed by atoms with Crippen molar-refractivity contribution in [2.75, 3.05) is 7.11 Å². The lowest BCUT2D eigenvalue weighted by Gasteiger charge is -2.33. The number of amides is 1. The summed E-state index contributed by atoms with van der Waals surface area (Å²) >= 11 is 0. The Labute approximate surface area is 125 Å². The first-order valence-corrected chi connectivity index (χ1v) is 7.43. The fourth-order valence-electron chi connectivity index (χ4n) is 2.85. The van der Waals surface area contributed by atoms with Crippen molar-refractivity contribution in [3.8, 4) is 0 Å². The lowest BCUT2D eigenvalue weighted by molar-refractivity contribution is -0.154. The van der Waals surface area contributed by atoms with Crippen LogP contribution in [0.5, 0.6) is 0 Å². The Morgan fingerprint density at radius 1 is 1.19 bits per heavy atom. The first-order valence-electron chi connectivity index (χ1n) is 7.43. The smallest absolute Gasteiger partial charge is 0.328 e. The number of hydrogen-bond donors (Lipinski definition) is 2. The number of methoxy groups -OCH3 is 1. The Kier molecular flexibility index (Phi) is 6.18. The highest BCUT2D eigenvalue weighted by Crippen LogP contribution is 2.39. The number of esters is 1. The molecule has 120 valence electrons. The van der Waals surface area contributed by atoms with E-state index in [2.05, 4.69) is 10.1 Å². The van der Waals surface area contributed by atoms with Gasteiger partial charge in [0.2, 0.25) is 5.91 Å². The summed E-state index contributed by atoms with van der Waals surface area (Å²) in [6.45, 7) is 3.60. The minimum absolute atomic E-state index is 0.0808. The average Bonchev–Trinajstić information content (AvgIpc) is 2.44. The van der Waals surface area contributed by atoms with E-state index < -0.39 is 29.3 Å². The Bertz CT molecular complexity index is 399. The van der Waals surface area contributed by atoms with Crippen LogP contribution in [-0.2, 0) is 19.1 Å². The van der Waals surface area contributed by atoms with Crippen molar-refractivity contribution in [2.45, 2.75) is 58.4 Å². The predicted octanol–water partition coefficient (Wildman–Crippen LogP) is 1.73. The quantitative estimate of drug-likeness (QED) is 0.729. The summed E-state index contributed by atoms with van der Waals surface area (Å²) in [5, 5.41) is 12.1. The third-order valence-corrected chi connectivity index (χ3v) is 4.20. The van der Waals surface area contributed by atoms with Gasteiger partial charge in [0.25, 0.3) is 0 Å². The first-order chi connectivity index (χ1) is 9.82. The van der Waals surface area contributed by atoms with Gasteiger partial charge in [-0.05, 0) is 18.8 Å². The van der Waals surface area contributed by atoms with Gasteiger partial charge in [-0.3, -0.25) is 9.59 Å². The van der Waals surface area contributed by atoms with E-state index in [1.807, 2.05) is 0 Å². The van der Waals surface area contributed by atoms with Crippen LogP contribution < -0.4 is 5.32 Å². The normalized spacial score (nSPS) is 18.9. The van der Waals surface area contributed by atoms with Crippen molar-refractivity contribution in [2.24, 2.45) is 11.3 Å². The zero-order chi connectivity index (χ0) is 16.0. The van der Waals surface area contributed by atoms with E-state index in [4.69, 9.17) is 0 Å². The van der Waals surface area contributed by atoms with Gasteiger partial charge >= 0.3 is 11.9 Å². The molecule has 6 nitrogen and oxygen atoms in total. The molecule has 0 aromatic heterocycles. The minimum Gasteiger partial charge on any atom is -0.481 e. The Morgan fingerprint density at radius 3 is 2.19 bits per heavy atom. The van der Waals surface area contributed by atoms with Crippen LogP contribution >= 0.6 is 0 Å². The SMILES string of the molecule is COC(=O)[C@@H](NC(=O)CC1(C(=O)O)CCCCC1)C(C)C. The molecule has 1 amide bonds. The fraction of sp³-hybridized carbons (Fsp3) is 0.800. The van der Waals surface area contributed by atoms with Crippen molar-refractivity contribution in [3.05, 3.63) is 0 Å². The van der Waals surface area contributed by atoms with Gasteiger partial charge in [-0.15, -0.1) is 0 Å². The van der Waals surface area contributed by atoms with E-state index in [0.29, 0.717) is 12.8 Å². The molecule has 0 aromatic rings. The molecule has 0 heterocycles.